The highest BCUT2D eigenvalue weighted by atomic mass is 32.2. The summed E-state index contributed by atoms with van der Waals surface area (Å²) in [5.74, 6) is -2.54. The number of hydrogen-bond donors (Lipinski definition) is 1. The summed E-state index contributed by atoms with van der Waals surface area (Å²) in [6, 6.07) is 24.1. The number of carbonyl (C=O) groups is 4. The number of benzene rings is 3. The third-order valence-electron chi connectivity index (χ3n) is 7.25. The van der Waals surface area contributed by atoms with Gasteiger partial charge < -0.3 is 19.5 Å². The van der Waals surface area contributed by atoms with Crippen LogP contribution in [0.2, 0.25) is 0 Å². The number of amides is 2. The van der Waals surface area contributed by atoms with Gasteiger partial charge in [-0.05, 0) is 35.4 Å². The maximum atomic E-state index is 13.7. The van der Waals surface area contributed by atoms with Gasteiger partial charge in [-0.1, -0.05) is 60.7 Å². The summed E-state index contributed by atoms with van der Waals surface area (Å²) in [5.41, 5.74) is -0.0544. The fraction of sp³-hybridized carbons (Fsp3) is 0.267. The van der Waals surface area contributed by atoms with E-state index in [2.05, 4.69) is 0 Å². The van der Waals surface area contributed by atoms with E-state index < -0.39 is 40.8 Å². The molecule has 3 aromatic rings. The Balaban J connectivity index is 1.39. The summed E-state index contributed by atoms with van der Waals surface area (Å²) >= 11 is 1.16. The van der Waals surface area contributed by atoms with Gasteiger partial charge in [0.2, 0.25) is 11.8 Å². The van der Waals surface area contributed by atoms with Crippen molar-refractivity contribution in [2.24, 2.45) is 5.41 Å². The number of carboxylic acid groups (broad SMARTS) is 1. The average molecular weight is 561 g/mol. The topological polar surface area (TPSA) is 113 Å². The first-order valence-electron chi connectivity index (χ1n) is 12.7. The van der Waals surface area contributed by atoms with Gasteiger partial charge in [-0.3, -0.25) is 24.1 Å². The number of nitrogens with zero attached hydrogens (tertiary/aromatic N) is 2. The number of anilines is 1. The molecule has 2 fully saturated rings. The summed E-state index contributed by atoms with van der Waals surface area (Å²) in [6.07, 6.45) is -0.822. The number of hydrogen-bond acceptors (Lipinski definition) is 7. The van der Waals surface area contributed by atoms with Gasteiger partial charge in [-0.2, -0.15) is 0 Å². The highest BCUT2D eigenvalue weighted by Gasteiger charge is 2.62. The first kappa shape index (κ1) is 27.3. The van der Waals surface area contributed by atoms with Crippen LogP contribution in [-0.2, 0) is 23.9 Å². The Labute approximate surface area is 235 Å². The lowest BCUT2D eigenvalue weighted by atomic mass is 9.86. The summed E-state index contributed by atoms with van der Waals surface area (Å²) in [6.45, 7) is 1.03. The van der Waals surface area contributed by atoms with E-state index >= 15 is 0 Å². The lowest BCUT2D eigenvalue weighted by molar-refractivity contribution is -0.175. The number of aliphatic carboxylic acids is 1. The van der Waals surface area contributed by atoms with E-state index in [1.807, 2.05) is 60.7 Å². The number of carboxylic acids is 1. The van der Waals surface area contributed by atoms with Gasteiger partial charge in [0.25, 0.3) is 0 Å². The van der Waals surface area contributed by atoms with Crippen molar-refractivity contribution < 1.29 is 33.8 Å². The lowest BCUT2D eigenvalue weighted by Crippen LogP contribution is -2.75. The van der Waals surface area contributed by atoms with Gasteiger partial charge in [0.1, 0.15) is 17.2 Å². The minimum absolute atomic E-state index is 0.114. The van der Waals surface area contributed by atoms with Crippen molar-refractivity contribution in [1.29, 1.82) is 0 Å². The van der Waals surface area contributed by atoms with Crippen LogP contribution in [0.1, 0.15) is 24.2 Å². The van der Waals surface area contributed by atoms with Crippen LogP contribution >= 0.6 is 11.8 Å². The molecule has 3 atom stereocenters. The average Bonchev–Trinajstić information content (AvgIpc) is 2.98. The van der Waals surface area contributed by atoms with Gasteiger partial charge >= 0.3 is 11.9 Å². The Morgan fingerprint density at radius 2 is 1.55 bits per heavy atom. The molecule has 2 saturated heterocycles. The number of carbonyl (C=O) groups excluding carboxylic acids is 3. The predicted octanol–water partition coefficient (Wildman–Crippen LogP) is 3.74. The number of ether oxygens (including phenoxy) is 2. The fourth-order valence-corrected chi connectivity index (χ4v) is 6.65. The Hall–Kier alpha value is -4.31. The smallest absolute Gasteiger partial charge is 0.327 e. The van der Waals surface area contributed by atoms with Crippen LogP contribution in [-0.4, -0.2) is 64.6 Å². The van der Waals surface area contributed by atoms with Crippen molar-refractivity contribution in [3.05, 3.63) is 96.1 Å². The van der Waals surface area contributed by atoms with Gasteiger partial charge in [-0.15, -0.1) is 11.8 Å². The third kappa shape index (κ3) is 4.79. The van der Waals surface area contributed by atoms with Crippen LogP contribution in [0.25, 0.3) is 0 Å². The monoisotopic (exact) mass is 560 g/mol. The number of methoxy groups -OCH3 is 1. The molecule has 2 unspecified atom stereocenters. The van der Waals surface area contributed by atoms with Crippen LogP contribution in [0.3, 0.4) is 0 Å². The maximum Gasteiger partial charge on any atom is 0.327 e. The molecule has 206 valence electrons. The summed E-state index contributed by atoms with van der Waals surface area (Å²) in [5, 5.41) is 9.79. The van der Waals surface area contributed by atoms with E-state index in [0.29, 0.717) is 22.6 Å². The van der Waals surface area contributed by atoms with Gasteiger partial charge in [-0.25, -0.2) is 0 Å². The second-order valence-corrected chi connectivity index (χ2v) is 10.8. The zero-order chi connectivity index (χ0) is 28.4. The lowest BCUT2D eigenvalue weighted by Gasteiger charge is -2.55. The highest BCUT2D eigenvalue weighted by molar-refractivity contribution is 8.00. The number of thioether (sulfide) groups is 1. The molecule has 5 rings (SSSR count). The molecule has 2 aliphatic rings. The minimum Gasteiger partial charge on any atom is -0.497 e. The third-order valence-corrected chi connectivity index (χ3v) is 8.77. The Morgan fingerprint density at radius 3 is 2.05 bits per heavy atom. The van der Waals surface area contributed by atoms with Crippen molar-refractivity contribution in [2.75, 3.05) is 24.3 Å². The van der Waals surface area contributed by atoms with Crippen LogP contribution < -0.4 is 9.64 Å². The molecule has 9 nitrogen and oxygen atoms in total. The minimum atomic E-state index is -1.97. The molecule has 0 saturated carbocycles. The molecule has 10 heteroatoms. The van der Waals surface area contributed by atoms with Crippen molar-refractivity contribution in [2.45, 2.75) is 24.4 Å². The molecule has 0 spiro atoms. The second kappa shape index (κ2) is 11.1. The first-order chi connectivity index (χ1) is 19.3. The Morgan fingerprint density at radius 1 is 0.975 bits per heavy atom. The van der Waals surface area contributed by atoms with Crippen LogP contribution in [0.4, 0.5) is 5.69 Å². The molecule has 0 radical (unpaired) electrons. The van der Waals surface area contributed by atoms with Crippen molar-refractivity contribution in [3.8, 4) is 5.75 Å². The standard InChI is InChI=1S/C30H28N2O7S/c1-19(33)32(22-13-15-23(38-2)16-14-22)24-26(34)31-17-30(28(35)36,18-40-27(24)31)29(37)39-25(20-9-5-3-6-10-20)21-11-7-4-8-12-21/h3-16,24-25,27H,17-18H2,1-2H3,(H,35,36)/t24?,27-,30?/m1/s1. The zero-order valence-electron chi connectivity index (χ0n) is 21.9. The van der Waals surface area contributed by atoms with Gasteiger partial charge in [0.05, 0.1) is 7.11 Å². The molecular weight excluding hydrogens is 532 g/mol. The van der Waals surface area contributed by atoms with Crippen LogP contribution in [0.5, 0.6) is 5.75 Å². The molecule has 0 bridgehead atoms. The largest absolute Gasteiger partial charge is 0.497 e. The number of esters is 1. The molecule has 2 heterocycles. The van der Waals surface area contributed by atoms with Crippen molar-refractivity contribution in [1.82, 2.24) is 4.90 Å². The molecular formula is C30H28N2O7S. The van der Waals surface area contributed by atoms with Crippen LogP contribution in [0, 0.1) is 5.41 Å². The molecule has 3 aromatic carbocycles. The molecule has 1 N–H and O–H groups in total. The molecule has 0 aromatic heterocycles. The number of β-lactam (4-membered cyclic amide) rings is 1. The first-order valence-corrected chi connectivity index (χ1v) is 13.7. The SMILES string of the molecule is COc1ccc(N(C(C)=O)C2C(=O)N3CC(C(=O)O)(C(=O)OC(c4ccccc4)c4ccccc4)CS[C@H]23)cc1. The van der Waals surface area contributed by atoms with Gasteiger partial charge in [0.15, 0.2) is 11.5 Å². The molecule has 2 aliphatic heterocycles. The Kier molecular flexibility index (Phi) is 7.53. The molecule has 40 heavy (non-hydrogen) atoms. The second-order valence-electron chi connectivity index (χ2n) is 9.69. The molecule has 0 aliphatic carbocycles. The van der Waals surface area contributed by atoms with E-state index in [1.54, 1.807) is 24.3 Å². The van der Waals surface area contributed by atoms with Crippen molar-refractivity contribution >= 4 is 41.2 Å². The number of fused-ring (bicyclic) bond motifs is 1. The normalized spacial score (nSPS) is 21.7. The molecule has 2 amide bonds. The summed E-state index contributed by atoms with van der Waals surface area (Å²) in [4.78, 5) is 55.1. The van der Waals surface area contributed by atoms with E-state index in [1.165, 1.54) is 23.8 Å². The fourth-order valence-electron chi connectivity index (χ4n) is 5.08. The van der Waals surface area contributed by atoms with Crippen LogP contribution in [0.15, 0.2) is 84.9 Å². The van der Waals surface area contributed by atoms with E-state index in [9.17, 15) is 24.3 Å². The van der Waals surface area contributed by atoms with Gasteiger partial charge in [0, 0.05) is 24.9 Å². The van der Waals surface area contributed by atoms with E-state index in [4.69, 9.17) is 9.47 Å². The highest BCUT2D eigenvalue weighted by Crippen LogP contribution is 2.46. The predicted molar refractivity (Wildman–Crippen MR) is 149 cm³/mol. The summed E-state index contributed by atoms with van der Waals surface area (Å²) in [7, 11) is 1.53. The summed E-state index contributed by atoms with van der Waals surface area (Å²) < 4.78 is 11.1. The quantitative estimate of drug-likeness (QED) is 0.252. The van der Waals surface area contributed by atoms with Crippen molar-refractivity contribution in [3.63, 3.8) is 0 Å². The van der Waals surface area contributed by atoms with E-state index in [-0.39, 0.29) is 18.2 Å². The maximum absolute atomic E-state index is 13.7. The van der Waals surface area contributed by atoms with E-state index in [0.717, 1.165) is 11.8 Å². The Bertz CT molecular complexity index is 1380. The zero-order valence-corrected chi connectivity index (χ0v) is 22.7. The number of rotatable bonds is 8.